The second kappa shape index (κ2) is 9.34. The summed E-state index contributed by atoms with van der Waals surface area (Å²) in [7, 11) is 0. The van der Waals surface area contributed by atoms with Crippen LogP contribution in [0.4, 0.5) is 0 Å². The number of nitrogens with one attached hydrogen (secondary N) is 1. The summed E-state index contributed by atoms with van der Waals surface area (Å²) in [5.74, 6) is -0.186. The zero-order valence-electron chi connectivity index (χ0n) is 11.8. The van der Waals surface area contributed by atoms with Crippen molar-refractivity contribution in [1.29, 1.82) is 0 Å². The third-order valence-electron chi connectivity index (χ3n) is 2.85. The average molecular weight is 291 g/mol. The number of hydrogen-bond acceptors (Lipinski definition) is 5. The fourth-order valence-corrected chi connectivity index (χ4v) is 2.24. The molecule has 0 aromatic heterocycles. The van der Waals surface area contributed by atoms with Gasteiger partial charge >= 0.3 is 0 Å². The predicted molar refractivity (Wildman–Crippen MR) is 77.1 cm³/mol. The van der Waals surface area contributed by atoms with Gasteiger partial charge in [-0.15, -0.1) is 0 Å². The Hall–Kier alpha value is -0.590. The van der Waals surface area contributed by atoms with E-state index in [4.69, 9.17) is 10.2 Å². The zero-order chi connectivity index (χ0) is 15.0. The van der Waals surface area contributed by atoms with Crippen LogP contribution in [0.15, 0.2) is 0 Å². The lowest BCUT2D eigenvalue weighted by molar-refractivity contribution is -0.126. The summed E-state index contributed by atoms with van der Waals surface area (Å²) in [4.78, 5) is 23.2. The van der Waals surface area contributed by atoms with E-state index in [9.17, 15) is 9.59 Å². The Balaban J connectivity index is 4.00. The molecule has 0 bridgehead atoms. The first kappa shape index (κ1) is 18.4. The molecule has 0 fully saturated rings. The van der Waals surface area contributed by atoms with E-state index in [1.165, 1.54) is 0 Å². The van der Waals surface area contributed by atoms with Crippen molar-refractivity contribution in [3.63, 3.8) is 0 Å². The minimum Gasteiger partial charge on any atom is -0.394 e. The molecule has 3 atom stereocenters. The lowest BCUT2D eigenvalue weighted by Crippen LogP contribution is -2.35. The topological polar surface area (TPSA) is 86.6 Å². The van der Waals surface area contributed by atoms with Crippen LogP contribution in [-0.2, 0) is 9.59 Å². The van der Waals surface area contributed by atoms with Crippen LogP contribution in [0.1, 0.15) is 33.6 Å². The molecular formula is C13H25NO4S. The monoisotopic (exact) mass is 291 g/mol. The number of rotatable bonds is 9. The Morgan fingerprint density at radius 1 is 1.26 bits per heavy atom. The quantitative estimate of drug-likeness (QED) is 0.463. The van der Waals surface area contributed by atoms with Crippen molar-refractivity contribution in [2.24, 2.45) is 11.8 Å². The standard InChI is InChI=1S/C13H25NO4S/c1-8(2)13(18)9(3)4-11(19)5-12(17)14-6-10(16)7-15/h8-11,15-16,19H,4-7H2,1-3H3,(H,14,17). The fourth-order valence-electron chi connectivity index (χ4n) is 1.76. The first-order valence-corrected chi connectivity index (χ1v) is 7.07. The molecule has 0 aromatic carbocycles. The summed E-state index contributed by atoms with van der Waals surface area (Å²) in [6, 6.07) is 0. The summed E-state index contributed by atoms with van der Waals surface area (Å²) in [5, 5.41) is 20.0. The van der Waals surface area contributed by atoms with Gasteiger partial charge < -0.3 is 15.5 Å². The third-order valence-corrected chi connectivity index (χ3v) is 3.24. The van der Waals surface area contributed by atoms with Crippen molar-refractivity contribution in [3.05, 3.63) is 0 Å². The molecule has 0 heterocycles. The molecule has 0 aliphatic heterocycles. The Labute approximate surface area is 120 Å². The highest BCUT2D eigenvalue weighted by Crippen LogP contribution is 2.18. The molecule has 6 heteroatoms. The maximum atomic E-state index is 11.7. The molecule has 19 heavy (non-hydrogen) atoms. The van der Waals surface area contributed by atoms with E-state index in [0.29, 0.717) is 6.42 Å². The van der Waals surface area contributed by atoms with Crippen LogP contribution < -0.4 is 5.32 Å². The average Bonchev–Trinajstić information content (AvgIpc) is 2.34. The summed E-state index contributed by atoms with van der Waals surface area (Å²) < 4.78 is 0. The lowest BCUT2D eigenvalue weighted by Gasteiger charge is -2.17. The number of carbonyl (C=O) groups excluding carboxylic acids is 2. The molecule has 0 aliphatic carbocycles. The van der Waals surface area contributed by atoms with Gasteiger partial charge in [-0.1, -0.05) is 20.8 Å². The van der Waals surface area contributed by atoms with E-state index in [-0.39, 0.29) is 48.3 Å². The van der Waals surface area contributed by atoms with Gasteiger partial charge in [0.25, 0.3) is 0 Å². The van der Waals surface area contributed by atoms with Crippen molar-refractivity contribution in [1.82, 2.24) is 5.32 Å². The number of ketones is 1. The maximum absolute atomic E-state index is 11.7. The number of thiol groups is 1. The molecule has 112 valence electrons. The number of amides is 1. The molecule has 5 nitrogen and oxygen atoms in total. The SMILES string of the molecule is CC(C)C(=O)C(C)CC(S)CC(=O)NCC(O)CO. The zero-order valence-corrected chi connectivity index (χ0v) is 12.7. The number of hydrogen-bond donors (Lipinski definition) is 4. The molecule has 3 N–H and O–H groups in total. The van der Waals surface area contributed by atoms with E-state index in [2.05, 4.69) is 17.9 Å². The van der Waals surface area contributed by atoms with Gasteiger partial charge in [0.15, 0.2) is 0 Å². The highest BCUT2D eigenvalue weighted by Gasteiger charge is 2.20. The lowest BCUT2D eigenvalue weighted by atomic mass is 9.92. The van der Waals surface area contributed by atoms with Crippen molar-refractivity contribution < 1.29 is 19.8 Å². The molecule has 0 rings (SSSR count). The number of Topliss-reactive ketones (excluding diaryl/α,β-unsaturated/α-hetero) is 1. The molecule has 0 radical (unpaired) electrons. The van der Waals surface area contributed by atoms with Crippen LogP contribution >= 0.6 is 12.6 Å². The minimum atomic E-state index is -0.941. The predicted octanol–water partition coefficient (Wildman–Crippen LogP) is 0.396. The van der Waals surface area contributed by atoms with E-state index < -0.39 is 6.10 Å². The van der Waals surface area contributed by atoms with Crippen molar-refractivity contribution in [3.8, 4) is 0 Å². The Kier molecular flexibility index (Phi) is 9.05. The number of carbonyl (C=O) groups is 2. The highest BCUT2D eigenvalue weighted by molar-refractivity contribution is 7.81. The fraction of sp³-hybridized carbons (Fsp3) is 0.846. The second-order valence-electron chi connectivity index (χ2n) is 5.19. The summed E-state index contributed by atoms with van der Waals surface area (Å²) in [5.41, 5.74) is 0. The maximum Gasteiger partial charge on any atom is 0.221 e. The molecule has 0 saturated carbocycles. The Morgan fingerprint density at radius 2 is 1.84 bits per heavy atom. The van der Waals surface area contributed by atoms with E-state index in [0.717, 1.165) is 0 Å². The van der Waals surface area contributed by atoms with Crippen molar-refractivity contribution in [2.45, 2.75) is 45.0 Å². The van der Waals surface area contributed by atoms with E-state index in [1.54, 1.807) is 0 Å². The van der Waals surface area contributed by atoms with Crippen LogP contribution in [0.5, 0.6) is 0 Å². The van der Waals surface area contributed by atoms with Crippen LogP contribution in [0.3, 0.4) is 0 Å². The molecular weight excluding hydrogens is 266 g/mol. The molecule has 0 spiro atoms. The van der Waals surface area contributed by atoms with Crippen LogP contribution in [0.25, 0.3) is 0 Å². The summed E-state index contributed by atoms with van der Waals surface area (Å²) in [6.07, 6.45) is -0.198. The van der Waals surface area contributed by atoms with E-state index in [1.807, 2.05) is 20.8 Å². The van der Waals surface area contributed by atoms with Gasteiger partial charge in [-0.25, -0.2) is 0 Å². The molecule has 0 saturated heterocycles. The smallest absolute Gasteiger partial charge is 0.221 e. The Bertz CT molecular complexity index is 296. The molecule has 0 aliphatic rings. The minimum absolute atomic E-state index is 0.0101. The first-order valence-electron chi connectivity index (χ1n) is 6.55. The third kappa shape index (κ3) is 8.23. The number of aliphatic hydroxyl groups excluding tert-OH is 2. The number of aliphatic hydroxyl groups is 2. The summed E-state index contributed by atoms with van der Waals surface area (Å²) >= 11 is 4.31. The van der Waals surface area contributed by atoms with Crippen molar-refractivity contribution >= 4 is 24.3 Å². The Morgan fingerprint density at radius 3 is 2.32 bits per heavy atom. The van der Waals surface area contributed by atoms with Gasteiger partial charge in [-0.05, 0) is 6.42 Å². The van der Waals surface area contributed by atoms with Crippen LogP contribution in [-0.4, -0.2) is 46.4 Å². The summed E-state index contributed by atoms with van der Waals surface area (Å²) in [6.45, 7) is 5.20. The van der Waals surface area contributed by atoms with Gasteiger partial charge in [0.2, 0.25) is 5.91 Å². The van der Waals surface area contributed by atoms with Crippen molar-refractivity contribution in [2.75, 3.05) is 13.2 Å². The van der Waals surface area contributed by atoms with Gasteiger partial charge in [0, 0.05) is 30.1 Å². The van der Waals surface area contributed by atoms with E-state index >= 15 is 0 Å². The largest absolute Gasteiger partial charge is 0.394 e. The highest BCUT2D eigenvalue weighted by atomic mass is 32.1. The van der Waals surface area contributed by atoms with Gasteiger partial charge in [-0.2, -0.15) is 12.6 Å². The molecule has 0 aromatic rings. The van der Waals surface area contributed by atoms with Crippen LogP contribution in [0, 0.1) is 11.8 Å². The van der Waals surface area contributed by atoms with Crippen LogP contribution in [0.2, 0.25) is 0 Å². The molecule has 1 amide bonds. The normalized spacial score (nSPS) is 15.9. The van der Waals surface area contributed by atoms with Gasteiger partial charge in [0.05, 0.1) is 12.7 Å². The molecule has 3 unspecified atom stereocenters. The van der Waals surface area contributed by atoms with Gasteiger partial charge in [0.1, 0.15) is 5.78 Å². The first-order chi connectivity index (χ1) is 8.77. The van der Waals surface area contributed by atoms with Gasteiger partial charge in [-0.3, -0.25) is 9.59 Å². The second-order valence-corrected chi connectivity index (χ2v) is 5.92.